The molecule has 4 aliphatic heterocycles. The van der Waals surface area contributed by atoms with Gasteiger partial charge in [-0.05, 0) is 67.7 Å². The lowest BCUT2D eigenvalue weighted by molar-refractivity contribution is -0.136. The summed E-state index contributed by atoms with van der Waals surface area (Å²) in [6.07, 6.45) is 5.80. The normalized spacial score (nSPS) is 19.7. The zero-order chi connectivity index (χ0) is 38.8. The molecule has 1 N–H and O–H groups in total. The number of carbonyl (C=O) groups excluding carboxylic acids is 3. The Balaban J connectivity index is 0.963. The highest BCUT2D eigenvalue weighted by Gasteiger charge is 2.46. The summed E-state index contributed by atoms with van der Waals surface area (Å²) in [5, 5.41) is 3.37. The second kappa shape index (κ2) is 14.3. The van der Waals surface area contributed by atoms with Crippen LogP contribution in [0, 0.1) is 5.41 Å². The summed E-state index contributed by atoms with van der Waals surface area (Å²) < 4.78 is 17.3. The molecule has 16 heteroatoms. The second-order valence-electron chi connectivity index (χ2n) is 14.8. The van der Waals surface area contributed by atoms with Crippen LogP contribution in [0.25, 0.3) is 21.9 Å². The largest absolute Gasteiger partial charge is 0.496 e. The van der Waals surface area contributed by atoms with E-state index in [0.717, 1.165) is 61.4 Å². The zero-order valence-electron chi connectivity index (χ0n) is 30.7. The molecule has 13 nitrogen and oxygen atoms in total. The fraction of sp³-hybridized carbons (Fsp3) is 0.410. The number of likely N-dealkylation sites (tertiary alicyclic amines) is 1. The van der Waals surface area contributed by atoms with Gasteiger partial charge in [0.25, 0.3) is 11.5 Å². The number of carbonyl (C=O) groups is 3. The molecule has 55 heavy (non-hydrogen) atoms. The molecule has 3 fully saturated rings. The number of piperidine rings is 2. The maximum atomic E-state index is 13.4. The van der Waals surface area contributed by atoms with Crippen LogP contribution in [-0.2, 0) is 26.2 Å². The first-order valence-electron chi connectivity index (χ1n) is 18.1. The molecular weight excluding hydrogens is 761 g/mol. The quantitative estimate of drug-likeness (QED) is 0.110. The lowest BCUT2D eigenvalue weighted by Gasteiger charge is -2.55. The van der Waals surface area contributed by atoms with E-state index < -0.39 is 15.5 Å². The highest BCUT2D eigenvalue weighted by Crippen LogP contribution is 2.45. The fourth-order valence-electron chi connectivity index (χ4n) is 8.49. The number of thiol groups is 3. The number of hydrogen-bond acceptors (Lipinski definition) is 13. The minimum atomic E-state index is -1.38. The van der Waals surface area contributed by atoms with E-state index in [-0.39, 0.29) is 29.2 Å². The topological polar surface area (TPSA) is 136 Å². The van der Waals surface area contributed by atoms with Crippen LogP contribution >= 0.6 is 37.9 Å². The first kappa shape index (κ1) is 37.5. The van der Waals surface area contributed by atoms with Gasteiger partial charge in [0.1, 0.15) is 17.5 Å². The Kier molecular flexibility index (Phi) is 9.75. The van der Waals surface area contributed by atoms with E-state index in [2.05, 4.69) is 64.1 Å². The smallest absolute Gasteiger partial charge is 0.262 e. The number of anilines is 1. The number of imide groups is 1. The number of aromatic nitrogens is 2. The molecular formula is C39H42N6O7S3. The van der Waals surface area contributed by atoms with Crippen molar-refractivity contribution in [1.29, 1.82) is 0 Å². The van der Waals surface area contributed by atoms with Gasteiger partial charge < -0.3 is 24.0 Å². The van der Waals surface area contributed by atoms with Gasteiger partial charge in [-0.2, -0.15) is 0 Å². The van der Waals surface area contributed by atoms with Crippen LogP contribution in [0.5, 0.6) is 17.4 Å². The van der Waals surface area contributed by atoms with Crippen LogP contribution in [0.3, 0.4) is 0 Å². The van der Waals surface area contributed by atoms with Gasteiger partial charge in [-0.15, -0.1) is 37.9 Å². The molecule has 3 saturated heterocycles. The van der Waals surface area contributed by atoms with Crippen LogP contribution in [0.2, 0.25) is 0 Å². The molecule has 6 heterocycles. The number of fused-ring (bicyclic) bond motifs is 2. The van der Waals surface area contributed by atoms with Crippen LogP contribution < -0.4 is 30.0 Å². The summed E-state index contributed by atoms with van der Waals surface area (Å²) in [7, 11) is 4.81. The molecule has 0 saturated carbocycles. The zero-order valence-corrected chi connectivity index (χ0v) is 33.4. The molecule has 3 amide bonds. The number of nitrogens with one attached hydrogen (secondary N) is 1. The van der Waals surface area contributed by atoms with E-state index in [1.165, 1.54) is 17.9 Å². The summed E-state index contributed by atoms with van der Waals surface area (Å²) in [5.41, 5.74) is 4.80. The summed E-state index contributed by atoms with van der Waals surface area (Å²) in [4.78, 5) is 61.6. The van der Waals surface area contributed by atoms with Gasteiger partial charge >= 0.3 is 0 Å². The number of benzene rings is 2. The van der Waals surface area contributed by atoms with Crippen LogP contribution in [0.15, 0.2) is 53.6 Å². The fourth-order valence-corrected chi connectivity index (χ4v) is 8.93. The lowest BCUT2D eigenvalue weighted by Crippen LogP contribution is -2.60. The highest BCUT2D eigenvalue weighted by molar-refractivity contribution is 8.15. The third-order valence-electron chi connectivity index (χ3n) is 11.6. The van der Waals surface area contributed by atoms with E-state index in [1.807, 2.05) is 24.3 Å². The van der Waals surface area contributed by atoms with Crippen molar-refractivity contribution in [2.24, 2.45) is 5.41 Å². The highest BCUT2D eigenvalue weighted by atomic mass is 32.2. The first-order valence-corrected chi connectivity index (χ1v) is 19.4. The molecule has 2 aromatic carbocycles. The predicted octanol–water partition coefficient (Wildman–Crippen LogP) is 4.31. The Morgan fingerprint density at radius 1 is 0.909 bits per heavy atom. The van der Waals surface area contributed by atoms with Gasteiger partial charge in [0.05, 0.1) is 32.3 Å². The van der Waals surface area contributed by atoms with E-state index >= 15 is 0 Å². The maximum absolute atomic E-state index is 13.4. The summed E-state index contributed by atoms with van der Waals surface area (Å²) in [6, 6.07) is 11.0. The molecule has 1 spiro atoms. The van der Waals surface area contributed by atoms with Gasteiger partial charge in [0.2, 0.25) is 17.7 Å². The Morgan fingerprint density at radius 2 is 1.62 bits per heavy atom. The molecule has 4 aliphatic rings. The Morgan fingerprint density at radius 3 is 2.25 bits per heavy atom. The van der Waals surface area contributed by atoms with Crippen LogP contribution in [0.4, 0.5) is 5.69 Å². The Labute approximate surface area is 334 Å². The predicted molar refractivity (Wildman–Crippen MR) is 218 cm³/mol. The van der Waals surface area contributed by atoms with E-state index in [0.29, 0.717) is 58.8 Å². The number of hydrogen-bond donors (Lipinski definition) is 4. The Bertz CT molecular complexity index is 2270. The molecule has 0 bridgehead atoms. The molecule has 0 aliphatic carbocycles. The molecule has 4 aromatic rings. The van der Waals surface area contributed by atoms with Crippen molar-refractivity contribution < 1.29 is 28.6 Å². The third-order valence-corrected chi connectivity index (χ3v) is 12.2. The van der Waals surface area contributed by atoms with Crippen LogP contribution in [0.1, 0.15) is 47.2 Å². The van der Waals surface area contributed by atoms with Crippen LogP contribution in [-0.4, -0.2) is 90.6 Å². The molecule has 0 radical (unpaired) electrons. The minimum absolute atomic E-state index is 0.154. The van der Waals surface area contributed by atoms with E-state index in [9.17, 15) is 19.2 Å². The SMILES string of the molecule is COc1cc2c(-c3cc(OC)c(CN4CCC5(CC4)CN(c4ccc6c(c4)C(=O)N(C4CCC(=O)NC4=O)C6)C5)c(OC)c3)cn(C(S)(S)S)c(=O)c2cn1. The lowest BCUT2D eigenvalue weighted by atomic mass is 9.71. The second-order valence-corrected chi connectivity index (χ2v) is 17.8. The average Bonchev–Trinajstić information content (AvgIpc) is 3.48. The molecule has 2 aromatic heterocycles. The molecule has 288 valence electrons. The van der Waals surface area contributed by atoms with Crippen molar-refractivity contribution in [2.45, 2.75) is 48.3 Å². The number of pyridine rings is 2. The van der Waals surface area contributed by atoms with Gasteiger partial charge in [-0.3, -0.25) is 34.0 Å². The van der Waals surface area contributed by atoms with Gasteiger partial charge in [0, 0.05) is 78.7 Å². The van der Waals surface area contributed by atoms with Gasteiger partial charge in [-0.25, -0.2) is 4.98 Å². The van der Waals surface area contributed by atoms with E-state index in [1.54, 1.807) is 31.4 Å². The number of rotatable bonds is 9. The molecule has 1 atom stereocenters. The van der Waals surface area contributed by atoms with Crippen molar-refractivity contribution in [3.8, 4) is 28.5 Å². The third kappa shape index (κ3) is 6.80. The van der Waals surface area contributed by atoms with Crippen molar-refractivity contribution in [3.05, 3.63) is 75.8 Å². The van der Waals surface area contributed by atoms with Crippen molar-refractivity contribution in [2.75, 3.05) is 52.4 Å². The minimum Gasteiger partial charge on any atom is -0.496 e. The summed E-state index contributed by atoms with van der Waals surface area (Å²) in [5.74, 6) is 0.844. The number of nitrogens with zero attached hydrogens (tertiary/aromatic N) is 5. The maximum Gasteiger partial charge on any atom is 0.262 e. The number of ether oxygens (including phenoxy) is 3. The Hall–Kier alpha value is -4.38. The summed E-state index contributed by atoms with van der Waals surface area (Å²) in [6.45, 7) is 4.64. The van der Waals surface area contributed by atoms with Gasteiger partial charge in [0.15, 0.2) is 3.54 Å². The van der Waals surface area contributed by atoms with Crippen molar-refractivity contribution in [3.63, 3.8) is 0 Å². The standard InChI is InChI=1S/C39H42N6O7S3/c1-50-31-12-23(28-19-45(39(53,54)55)37(49)27-16-40-34(52-3)15-26(27)28)13-32(51-2)29(31)18-42-10-8-38(9-11-42)20-43(21-38)24-5-4-22-17-44(36(48)25(22)14-24)30-6-7-33(46)41-35(30)47/h4-5,12-16,19,30,53-55H,6-11,17-18,20-21H2,1-3H3,(H,41,46,47). The number of amides is 3. The van der Waals surface area contributed by atoms with Crippen molar-refractivity contribution >= 4 is 72.1 Å². The van der Waals surface area contributed by atoms with E-state index in [4.69, 9.17) is 14.2 Å². The first-order chi connectivity index (χ1) is 26.3. The average molecular weight is 803 g/mol. The number of methoxy groups -OCH3 is 3. The monoisotopic (exact) mass is 802 g/mol. The summed E-state index contributed by atoms with van der Waals surface area (Å²) >= 11 is 13.3. The molecule has 8 rings (SSSR count). The molecule has 1 unspecified atom stereocenters. The van der Waals surface area contributed by atoms with Gasteiger partial charge in [-0.1, -0.05) is 6.07 Å². The van der Waals surface area contributed by atoms with Crippen molar-refractivity contribution in [1.82, 2.24) is 24.7 Å².